The van der Waals surface area contributed by atoms with Gasteiger partial charge in [0.25, 0.3) is 0 Å². The summed E-state index contributed by atoms with van der Waals surface area (Å²) >= 11 is 0. The van der Waals surface area contributed by atoms with Crippen molar-refractivity contribution in [3.05, 3.63) is 7.11 Å². The molecule has 0 aliphatic carbocycles. The topological polar surface area (TPSA) is 29.5 Å². The van der Waals surface area contributed by atoms with Crippen molar-refractivity contribution < 1.29 is 9.84 Å². The third-order valence-electron chi connectivity index (χ3n) is 0.921. The quantitative estimate of drug-likeness (QED) is 0.592. The van der Waals surface area contributed by atoms with E-state index in [1.165, 1.54) is 0 Å². The largest absolute Gasteiger partial charge is 0.396 e. The Morgan fingerprint density at radius 2 is 2.12 bits per heavy atom. The molecule has 0 atom stereocenters. The van der Waals surface area contributed by atoms with Gasteiger partial charge in [0, 0.05) is 5.41 Å². The van der Waals surface area contributed by atoms with Crippen molar-refractivity contribution in [2.75, 3.05) is 13.2 Å². The summed E-state index contributed by atoms with van der Waals surface area (Å²) in [5.41, 5.74) is -0.137. The summed E-state index contributed by atoms with van der Waals surface area (Å²) in [5.74, 6) is 0. The first kappa shape index (κ1) is 7.92. The van der Waals surface area contributed by atoms with Gasteiger partial charge in [0.2, 0.25) is 0 Å². The SMILES string of the molecule is [CH2]OCC(C)(C)CO. The lowest BCUT2D eigenvalue weighted by Crippen LogP contribution is -2.22. The molecule has 0 rings (SSSR count). The van der Waals surface area contributed by atoms with E-state index in [0.717, 1.165) is 0 Å². The molecule has 0 aromatic carbocycles. The van der Waals surface area contributed by atoms with E-state index in [9.17, 15) is 0 Å². The van der Waals surface area contributed by atoms with Crippen LogP contribution in [-0.2, 0) is 4.74 Å². The van der Waals surface area contributed by atoms with Crippen molar-refractivity contribution in [2.45, 2.75) is 13.8 Å². The fourth-order valence-corrected chi connectivity index (χ4v) is 0.322. The van der Waals surface area contributed by atoms with Crippen LogP contribution in [0, 0.1) is 12.5 Å². The molecule has 0 amide bonds. The molecule has 49 valence electrons. The van der Waals surface area contributed by atoms with Crippen LogP contribution in [0.5, 0.6) is 0 Å². The summed E-state index contributed by atoms with van der Waals surface area (Å²) in [6.45, 7) is 4.47. The predicted octanol–water partition coefficient (Wildman–Crippen LogP) is 0.813. The summed E-state index contributed by atoms with van der Waals surface area (Å²) in [5, 5.41) is 8.62. The molecule has 2 heteroatoms. The number of ether oxygens (including phenoxy) is 1. The van der Waals surface area contributed by atoms with Crippen molar-refractivity contribution in [1.29, 1.82) is 0 Å². The van der Waals surface area contributed by atoms with E-state index in [2.05, 4.69) is 11.8 Å². The number of rotatable bonds is 3. The maximum Gasteiger partial charge on any atom is 0.0700 e. The lowest BCUT2D eigenvalue weighted by molar-refractivity contribution is 0.0721. The molecule has 0 bridgehead atoms. The minimum absolute atomic E-state index is 0.137. The van der Waals surface area contributed by atoms with Crippen molar-refractivity contribution >= 4 is 0 Å². The molecule has 0 unspecified atom stereocenters. The molecule has 0 fully saturated rings. The highest BCUT2D eigenvalue weighted by Crippen LogP contribution is 2.12. The van der Waals surface area contributed by atoms with Gasteiger partial charge < -0.3 is 9.84 Å². The molecule has 0 aromatic heterocycles. The van der Waals surface area contributed by atoms with Gasteiger partial charge in [-0.3, -0.25) is 0 Å². The highest BCUT2D eigenvalue weighted by molar-refractivity contribution is 4.64. The monoisotopic (exact) mass is 117 g/mol. The Morgan fingerprint density at radius 3 is 2.25 bits per heavy atom. The molecule has 1 radical (unpaired) electrons. The second kappa shape index (κ2) is 3.05. The predicted molar refractivity (Wildman–Crippen MR) is 32.2 cm³/mol. The van der Waals surface area contributed by atoms with Gasteiger partial charge in [-0.25, -0.2) is 0 Å². The Hall–Kier alpha value is -0.0800. The second-order valence-electron chi connectivity index (χ2n) is 2.67. The molecule has 0 aliphatic heterocycles. The molecule has 0 spiro atoms. The van der Waals surface area contributed by atoms with Crippen molar-refractivity contribution in [3.8, 4) is 0 Å². The lowest BCUT2D eigenvalue weighted by atomic mass is 9.97. The molecule has 0 heterocycles. The first-order chi connectivity index (χ1) is 3.62. The van der Waals surface area contributed by atoms with Crippen LogP contribution in [0.2, 0.25) is 0 Å². The zero-order valence-electron chi connectivity index (χ0n) is 5.48. The molecule has 0 saturated heterocycles. The summed E-state index contributed by atoms with van der Waals surface area (Å²) in [6, 6.07) is 0. The van der Waals surface area contributed by atoms with Gasteiger partial charge in [-0.05, 0) is 0 Å². The number of hydrogen-bond acceptors (Lipinski definition) is 2. The van der Waals surface area contributed by atoms with Crippen LogP contribution in [0.25, 0.3) is 0 Å². The van der Waals surface area contributed by atoms with Crippen molar-refractivity contribution in [2.24, 2.45) is 5.41 Å². The van der Waals surface area contributed by atoms with Gasteiger partial charge in [0.05, 0.1) is 20.3 Å². The summed E-state index contributed by atoms with van der Waals surface area (Å²) in [7, 11) is 3.21. The Balaban J connectivity index is 3.37. The number of aliphatic hydroxyl groups is 1. The van der Waals surface area contributed by atoms with Crippen LogP contribution in [0.15, 0.2) is 0 Å². The third-order valence-corrected chi connectivity index (χ3v) is 0.921. The van der Waals surface area contributed by atoms with Crippen LogP contribution in [0.4, 0.5) is 0 Å². The van der Waals surface area contributed by atoms with E-state index in [0.29, 0.717) is 6.61 Å². The van der Waals surface area contributed by atoms with Crippen LogP contribution in [0.3, 0.4) is 0 Å². The molecule has 0 aliphatic rings. The molecule has 0 aromatic rings. The molecule has 2 nitrogen and oxygen atoms in total. The smallest absolute Gasteiger partial charge is 0.0700 e. The highest BCUT2D eigenvalue weighted by atomic mass is 16.5. The average molecular weight is 117 g/mol. The van der Waals surface area contributed by atoms with E-state index in [1.807, 2.05) is 13.8 Å². The van der Waals surface area contributed by atoms with Gasteiger partial charge >= 0.3 is 0 Å². The van der Waals surface area contributed by atoms with Gasteiger partial charge in [0.15, 0.2) is 0 Å². The van der Waals surface area contributed by atoms with Gasteiger partial charge in [-0.1, -0.05) is 13.8 Å². The molecular formula is C6H13O2. The Morgan fingerprint density at radius 1 is 1.62 bits per heavy atom. The molecule has 1 N–H and O–H groups in total. The maximum atomic E-state index is 8.62. The van der Waals surface area contributed by atoms with Crippen LogP contribution in [-0.4, -0.2) is 18.3 Å². The Kier molecular flexibility index (Phi) is 3.02. The van der Waals surface area contributed by atoms with Gasteiger partial charge in [-0.15, -0.1) is 0 Å². The normalized spacial score (nSPS) is 12.0. The van der Waals surface area contributed by atoms with Gasteiger partial charge in [-0.2, -0.15) is 0 Å². The number of hydrogen-bond donors (Lipinski definition) is 1. The summed E-state index contributed by atoms with van der Waals surface area (Å²) in [4.78, 5) is 0. The molecule has 0 saturated carbocycles. The maximum absolute atomic E-state index is 8.62. The Bertz CT molecular complexity index is 59.5. The van der Waals surface area contributed by atoms with Gasteiger partial charge in [0.1, 0.15) is 0 Å². The summed E-state index contributed by atoms with van der Waals surface area (Å²) < 4.78 is 4.59. The highest BCUT2D eigenvalue weighted by Gasteiger charge is 2.14. The fraction of sp³-hybridized carbons (Fsp3) is 0.833. The molecule has 8 heavy (non-hydrogen) atoms. The van der Waals surface area contributed by atoms with E-state index in [-0.39, 0.29) is 12.0 Å². The first-order valence-corrected chi connectivity index (χ1v) is 2.60. The average Bonchev–Trinajstić information content (AvgIpc) is 1.67. The van der Waals surface area contributed by atoms with E-state index in [4.69, 9.17) is 5.11 Å². The summed E-state index contributed by atoms with van der Waals surface area (Å²) in [6.07, 6.45) is 0. The lowest BCUT2D eigenvalue weighted by Gasteiger charge is -2.19. The third kappa shape index (κ3) is 2.99. The first-order valence-electron chi connectivity index (χ1n) is 2.60. The minimum atomic E-state index is -0.137. The minimum Gasteiger partial charge on any atom is -0.396 e. The van der Waals surface area contributed by atoms with E-state index >= 15 is 0 Å². The fourth-order valence-electron chi connectivity index (χ4n) is 0.322. The van der Waals surface area contributed by atoms with Crippen LogP contribution < -0.4 is 0 Å². The second-order valence-corrected chi connectivity index (χ2v) is 2.67. The van der Waals surface area contributed by atoms with E-state index in [1.54, 1.807) is 0 Å². The van der Waals surface area contributed by atoms with Crippen LogP contribution >= 0.6 is 0 Å². The standard InChI is InChI=1S/C6H13O2/c1-6(2,4-7)5-8-3/h7H,3-5H2,1-2H3. The van der Waals surface area contributed by atoms with Crippen LogP contribution in [0.1, 0.15) is 13.8 Å². The van der Waals surface area contributed by atoms with E-state index < -0.39 is 0 Å². The number of aliphatic hydroxyl groups excluding tert-OH is 1. The molecular weight excluding hydrogens is 104 g/mol. The Labute approximate surface area is 50.5 Å². The van der Waals surface area contributed by atoms with Crippen molar-refractivity contribution in [3.63, 3.8) is 0 Å². The zero-order valence-corrected chi connectivity index (χ0v) is 5.48. The zero-order chi connectivity index (χ0) is 6.62. The van der Waals surface area contributed by atoms with Crippen molar-refractivity contribution in [1.82, 2.24) is 0 Å².